The number of nitrogens with zero attached hydrogens (tertiary/aromatic N) is 2. The summed E-state index contributed by atoms with van der Waals surface area (Å²) < 4.78 is 1.58. The quantitative estimate of drug-likeness (QED) is 0.765. The Kier molecular flexibility index (Phi) is 3.46. The van der Waals surface area contributed by atoms with Crippen molar-refractivity contribution in [2.75, 3.05) is 5.32 Å². The first-order valence-corrected chi connectivity index (χ1v) is 6.21. The number of amides is 2. The van der Waals surface area contributed by atoms with Crippen LogP contribution in [0.3, 0.4) is 0 Å². The third-order valence-electron chi connectivity index (χ3n) is 3.71. The summed E-state index contributed by atoms with van der Waals surface area (Å²) in [5, 5.41) is 18.6. The highest BCUT2D eigenvalue weighted by molar-refractivity contribution is 5.89. The van der Waals surface area contributed by atoms with Gasteiger partial charge in [0.2, 0.25) is 0 Å². The van der Waals surface area contributed by atoms with Crippen molar-refractivity contribution >= 4 is 17.7 Å². The fraction of sp³-hybridized carbons (Fsp3) is 0.583. The number of aryl methyl sites for hydroxylation is 1. The number of carboxylic acids is 1. The molecule has 1 fully saturated rings. The van der Waals surface area contributed by atoms with E-state index in [9.17, 15) is 14.7 Å². The molecule has 2 unspecified atom stereocenters. The van der Waals surface area contributed by atoms with E-state index in [-0.39, 0.29) is 6.04 Å². The number of rotatable bonds is 3. The van der Waals surface area contributed by atoms with E-state index in [1.54, 1.807) is 24.9 Å². The van der Waals surface area contributed by atoms with Gasteiger partial charge in [0.05, 0.1) is 17.3 Å². The van der Waals surface area contributed by atoms with Crippen molar-refractivity contribution in [2.24, 2.45) is 12.5 Å². The molecule has 1 aromatic rings. The molecule has 0 radical (unpaired) electrons. The summed E-state index contributed by atoms with van der Waals surface area (Å²) in [7, 11) is 1.75. The summed E-state index contributed by atoms with van der Waals surface area (Å²) in [6, 6.07) is -0.742. The van der Waals surface area contributed by atoms with Crippen LogP contribution in [0.1, 0.15) is 26.2 Å². The second kappa shape index (κ2) is 4.91. The highest BCUT2D eigenvalue weighted by atomic mass is 16.4. The molecule has 104 valence electrons. The second-order valence-electron chi connectivity index (χ2n) is 5.17. The normalized spacial score (nSPS) is 26.1. The Bertz CT molecular complexity index is 499. The number of carboxylic acid groups (broad SMARTS) is 1. The molecule has 19 heavy (non-hydrogen) atoms. The van der Waals surface area contributed by atoms with E-state index in [0.717, 1.165) is 6.42 Å². The van der Waals surface area contributed by atoms with E-state index < -0.39 is 17.4 Å². The van der Waals surface area contributed by atoms with Gasteiger partial charge in [0.1, 0.15) is 0 Å². The molecular weight excluding hydrogens is 248 g/mol. The molecule has 0 spiro atoms. The van der Waals surface area contributed by atoms with Crippen molar-refractivity contribution in [3.05, 3.63) is 12.4 Å². The van der Waals surface area contributed by atoms with Crippen LogP contribution in [0.15, 0.2) is 12.4 Å². The molecule has 1 aliphatic carbocycles. The van der Waals surface area contributed by atoms with Crippen LogP contribution in [0.2, 0.25) is 0 Å². The first kappa shape index (κ1) is 13.4. The second-order valence-corrected chi connectivity index (χ2v) is 5.17. The molecule has 2 rings (SSSR count). The van der Waals surface area contributed by atoms with Gasteiger partial charge in [-0.15, -0.1) is 0 Å². The van der Waals surface area contributed by atoms with Crippen LogP contribution in [0, 0.1) is 5.41 Å². The van der Waals surface area contributed by atoms with Crippen molar-refractivity contribution in [3.8, 4) is 0 Å². The number of hydrogen-bond acceptors (Lipinski definition) is 3. The average Bonchev–Trinajstić information content (AvgIpc) is 2.87. The van der Waals surface area contributed by atoms with Crippen LogP contribution < -0.4 is 10.6 Å². The maximum absolute atomic E-state index is 11.8. The van der Waals surface area contributed by atoms with Gasteiger partial charge in [0, 0.05) is 19.3 Å². The zero-order valence-electron chi connectivity index (χ0n) is 11.0. The Labute approximate surface area is 111 Å². The Balaban J connectivity index is 1.97. The topological polar surface area (TPSA) is 96.2 Å². The highest BCUT2D eigenvalue weighted by Crippen LogP contribution is 2.38. The van der Waals surface area contributed by atoms with Crippen LogP contribution >= 0.6 is 0 Å². The standard InChI is InChI=1S/C12H18N4O3/c1-12(10(17)18)5-3-4-9(12)15-11(19)14-8-6-13-16(2)7-8/h6-7,9H,3-5H2,1-2H3,(H,17,18)(H2,14,15,19). The van der Waals surface area contributed by atoms with E-state index in [2.05, 4.69) is 15.7 Å². The summed E-state index contributed by atoms with van der Waals surface area (Å²) >= 11 is 0. The van der Waals surface area contributed by atoms with E-state index in [0.29, 0.717) is 18.5 Å². The molecule has 0 bridgehead atoms. The Morgan fingerprint density at radius 3 is 2.89 bits per heavy atom. The van der Waals surface area contributed by atoms with Gasteiger partial charge in [-0.1, -0.05) is 6.42 Å². The summed E-state index contributed by atoms with van der Waals surface area (Å²) in [5.74, 6) is -0.864. The minimum absolute atomic E-state index is 0.346. The zero-order valence-corrected chi connectivity index (χ0v) is 11.0. The molecule has 1 aliphatic rings. The Morgan fingerprint density at radius 2 is 2.32 bits per heavy atom. The minimum Gasteiger partial charge on any atom is -0.481 e. The first-order chi connectivity index (χ1) is 8.91. The third-order valence-corrected chi connectivity index (χ3v) is 3.71. The minimum atomic E-state index is -0.883. The molecule has 1 aromatic heterocycles. The van der Waals surface area contributed by atoms with Crippen LogP contribution in [0.4, 0.5) is 10.5 Å². The van der Waals surface area contributed by atoms with Gasteiger partial charge in [-0.2, -0.15) is 5.10 Å². The molecule has 3 N–H and O–H groups in total. The fourth-order valence-electron chi connectivity index (χ4n) is 2.46. The lowest BCUT2D eigenvalue weighted by molar-refractivity contribution is -0.148. The van der Waals surface area contributed by atoms with Crippen molar-refractivity contribution in [3.63, 3.8) is 0 Å². The monoisotopic (exact) mass is 266 g/mol. The summed E-state index contributed by atoms with van der Waals surface area (Å²) in [6.45, 7) is 1.68. The van der Waals surface area contributed by atoms with E-state index in [1.807, 2.05) is 0 Å². The summed E-state index contributed by atoms with van der Waals surface area (Å²) in [5.41, 5.74) is -0.304. The lowest BCUT2D eigenvalue weighted by Gasteiger charge is -2.27. The van der Waals surface area contributed by atoms with E-state index in [1.165, 1.54) is 6.20 Å². The predicted molar refractivity (Wildman–Crippen MR) is 68.7 cm³/mol. The van der Waals surface area contributed by atoms with Crippen molar-refractivity contribution in [2.45, 2.75) is 32.2 Å². The maximum atomic E-state index is 11.8. The molecule has 1 heterocycles. The number of nitrogens with one attached hydrogen (secondary N) is 2. The SMILES string of the molecule is Cn1cc(NC(=O)NC2CCCC2(C)C(=O)O)cn1. The third kappa shape index (κ3) is 2.69. The van der Waals surface area contributed by atoms with E-state index in [4.69, 9.17) is 0 Å². The van der Waals surface area contributed by atoms with Crippen molar-refractivity contribution < 1.29 is 14.7 Å². The van der Waals surface area contributed by atoms with Gasteiger partial charge in [-0.3, -0.25) is 9.48 Å². The van der Waals surface area contributed by atoms with Gasteiger partial charge in [0.15, 0.2) is 0 Å². The lowest BCUT2D eigenvalue weighted by Crippen LogP contribution is -2.48. The van der Waals surface area contributed by atoms with Crippen molar-refractivity contribution in [1.29, 1.82) is 0 Å². The summed E-state index contributed by atoms with van der Waals surface area (Å²) in [6.07, 6.45) is 5.28. The van der Waals surface area contributed by atoms with Gasteiger partial charge in [-0.25, -0.2) is 4.79 Å². The lowest BCUT2D eigenvalue weighted by atomic mass is 9.85. The molecule has 0 aliphatic heterocycles. The van der Waals surface area contributed by atoms with Gasteiger partial charge < -0.3 is 15.7 Å². The van der Waals surface area contributed by atoms with Gasteiger partial charge in [0.25, 0.3) is 0 Å². The highest BCUT2D eigenvalue weighted by Gasteiger charge is 2.45. The Hall–Kier alpha value is -2.05. The number of anilines is 1. The van der Waals surface area contributed by atoms with Crippen LogP contribution in [0.25, 0.3) is 0 Å². The summed E-state index contributed by atoms with van der Waals surface area (Å²) in [4.78, 5) is 23.1. The molecule has 1 saturated carbocycles. The fourth-order valence-corrected chi connectivity index (χ4v) is 2.46. The van der Waals surface area contributed by atoms with Crippen molar-refractivity contribution in [1.82, 2.24) is 15.1 Å². The zero-order chi connectivity index (χ0) is 14.0. The number of urea groups is 1. The van der Waals surface area contributed by atoms with Crippen LogP contribution in [0.5, 0.6) is 0 Å². The van der Waals surface area contributed by atoms with Crippen LogP contribution in [-0.2, 0) is 11.8 Å². The van der Waals surface area contributed by atoms with Gasteiger partial charge >= 0.3 is 12.0 Å². The molecule has 0 aromatic carbocycles. The maximum Gasteiger partial charge on any atom is 0.319 e. The average molecular weight is 266 g/mol. The Morgan fingerprint density at radius 1 is 1.58 bits per heavy atom. The molecule has 7 heteroatoms. The molecule has 2 amide bonds. The first-order valence-electron chi connectivity index (χ1n) is 6.21. The number of carbonyl (C=O) groups excluding carboxylic acids is 1. The molecule has 2 atom stereocenters. The molecular formula is C12H18N4O3. The van der Waals surface area contributed by atoms with Gasteiger partial charge in [-0.05, 0) is 19.8 Å². The number of aliphatic carboxylic acids is 1. The van der Waals surface area contributed by atoms with Crippen LogP contribution in [-0.4, -0.2) is 32.9 Å². The number of aromatic nitrogens is 2. The number of hydrogen-bond donors (Lipinski definition) is 3. The van der Waals surface area contributed by atoms with E-state index >= 15 is 0 Å². The molecule has 0 saturated heterocycles. The largest absolute Gasteiger partial charge is 0.481 e. The predicted octanol–water partition coefficient (Wildman–Crippen LogP) is 1.18. The number of carbonyl (C=O) groups is 2. The molecule has 7 nitrogen and oxygen atoms in total. The smallest absolute Gasteiger partial charge is 0.319 e.